The first-order chi connectivity index (χ1) is 7.38. The Kier molecular flexibility index (Phi) is 5.53. The monoisotopic (exact) mass is 232 g/mol. The molecule has 3 N–H and O–H groups in total. The number of ether oxygens (including phenoxy) is 1. The molecule has 0 aliphatic heterocycles. The van der Waals surface area contributed by atoms with Gasteiger partial charge in [-0.05, 0) is 13.8 Å². The molecule has 0 aliphatic rings. The smallest absolute Gasteiger partial charge is 0.396 e. The summed E-state index contributed by atoms with van der Waals surface area (Å²) in [5, 5.41) is 12.2. The van der Waals surface area contributed by atoms with Crippen LogP contribution in [0.3, 0.4) is 0 Å². The van der Waals surface area contributed by atoms with Gasteiger partial charge in [0.15, 0.2) is 0 Å². The first kappa shape index (κ1) is 13.9. The van der Waals surface area contributed by atoms with Crippen LogP contribution in [-0.2, 0) is 23.9 Å². The van der Waals surface area contributed by atoms with E-state index in [9.17, 15) is 19.2 Å². The minimum absolute atomic E-state index is 0.0438. The number of esters is 1. The molecule has 1 atom stereocenters. The van der Waals surface area contributed by atoms with Gasteiger partial charge in [-0.25, -0.2) is 9.59 Å². The van der Waals surface area contributed by atoms with Gasteiger partial charge >= 0.3 is 23.8 Å². The Balaban J connectivity index is 4.10. The topological polar surface area (TPSA) is 122 Å². The zero-order valence-electron chi connectivity index (χ0n) is 8.77. The van der Waals surface area contributed by atoms with Crippen LogP contribution in [0.1, 0.15) is 13.8 Å². The van der Waals surface area contributed by atoms with Gasteiger partial charge in [0.25, 0.3) is 0 Å². The summed E-state index contributed by atoms with van der Waals surface area (Å²) < 4.78 is 4.38. The maximum atomic E-state index is 11.0. The van der Waals surface area contributed by atoms with Crippen LogP contribution in [0.15, 0.2) is 0 Å². The van der Waals surface area contributed by atoms with Crippen LogP contribution in [0, 0.1) is 0 Å². The fourth-order valence-corrected chi connectivity index (χ4v) is 0.747. The van der Waals surface area contributed by atoms with Crippen molar-refractivity contribution in [3.63, 3.8) is 0 Å². The molecule has 0 heterocycles. The normalized spacial score (nSPS) is 11.1. The molecule has 0 fully saturated rings. The van der Waals surface area contributed by atoms with Gasteiger partial charge in [-0.15, -0.1) is 0 Å². The number of hydrogen-bond donors (Lipinski definition) is 3. The highest BCUT2D eigenvalue weighted by atomic mass is 16.5. The molecular formula is C8H12N2O6. The number of carbonyl (C=O) groups is 4. The molecule has 0 aromatic heterocycles. The highest BCUT2D eigenvalue weighted by Crippen LogP contribution is 1.82. The number of carboxylic acids is 1. The molecule has 0 bridgehead atoms. The molecule has 0 saturated heterocycles. The molecule has 1 unspecified atom stereocenters. The zero-order chi connectivity index (χ0) is 12.7. The average molecular weight is 232 g/mol. The van der Waals surface area contributed by atoms with Gasteiger partial charge in [0.05, 0.1) is 12.8 Å². The van der Waals surface area contributed by atoms with Crippen molar-refractivity contribution in [1.82, 2.24) is 10.6 Å². The second-order valence-electron chi connectivity index (χ2n) is 2.69. The number of rotatable bonds is 3. The summed E-state index contributed by atoms with van der Waals surface area (Å²) in [5.41, 5.74) is 0. The summed E-state index contributed by atoms with van der Waals surface area (Å²) in [6, 6.07) is 0. The quantitative estimate of drug-likeness (QED) is 0.300. The lowest BCUT2D eigenvalue weighted by molar-refractivity contribution is -0.155. The molecule has 90 valence electrons. The third-order valence-corrected chi connectivity index (χ3v) is 1.35. The number of amides is 2. The van der Waals surface area contributed by atoms with Gasteiger partial charge in [0.1, 0.15) is 0 Å². The van der Waals surface area contributed by atoms with Crippen LogP contribution in [0.2, 0.25) is 0 Å². The van der Waals surface area contributed by atoms with Crippen LogP contribution < -0.4 is 10.6 Å². The second-order valence-corrected chi connectivity index (χ2v) is 2.69. The van der Waals surface area contributed by atoms with Crippen LogP contribution >= 0.6 is 0 Å². The summed E-state index contributed by atoms with van der Waals surface area (Å²) in [5.74, 6) is -5.12. The molecule has 0 spiro atoms. The van der Waals surface area contributed by atoms with Gasteiger partial charge in [0, 0.05) is 0 Å². The van der Waals surface area contributed by atoms with E-state index in [-0.39, 0.29) is 6.61 Å². The van der Waals surface area contributed by atoms with Crippen molar-refractivity contribution in [1.29, 1.82) is 0 Å². The maximum Gasteiger partial charge on any atom is 0.396 e. The lowest BCUT2D eigenvalue weighted by Gasteiger charge is -2.13. The van der Waals surface area contributed by atoms with Crippen molar-refractivity contribution in [3.8, 4) is 0 Å². The maximum absolute atomic E-state index is 11.0. The van der Waals surface area contributed by atoms with Gasteiger partial charge in [-0.2, -0.15) is 0 Å². The van der Waals surface area contributed by atoms with Crippen LogP contribution in [0.25, 0.3) is 0 Å². The minimum Gasteiger partial charge on any atom is -0.474 e. The van der Waals surface area contributed by atoms with Crippen LogP contribution in [-0.4, -0.2) is 41.6 Å². The van der Waals surface area contributed by atoms with Gasteiger partial charge in [0.2, 0.25) is 0 Å². The van der Waals surface area contributed by atoms with E-state index in [4.69, 9.17) is 5.11 Å². The zero-order valence-corrected chi connectivity index (χ0v) is 8.77. The lowest BCUT2D eigenvalue weighted by atomic mass is 10.4. The predicted octanol–water partition coefficient (Wildman–Crippen LogP) is -1.79. The molecule has 0 aromatic rings. The fraction of sp³-hybridized carbons (Fsp3) is 0.500. The Morgan fingerprint density at radius 1 is 1.19 bits per heavy atom. The fourth-order valence-electron chi connectivity index (χ4n) is 0.747. The molecule has 0 aliphatic carbocycles. The predicted molar refractivity (Wildman–Crippen MR) is 50.0 cm³/mol. The molecule has 16 heavy (non-hydrogen) atoms. The molecule has 0 rings (SSSR count). The number of hydrogen-bond acceptors (Lipinski definition) is 5. The molecule has 0 aromatic carbocycles. The van der Waals surface area contributed by atoms with E-state index in [0.29, 0.717) is 0 Å². The third-order valence-electron chi connectivity index (χ3n) is 1.35. The van der Waals surface area contributed by atoms with Gasteiger partial charge in [-0.3, -0.25) is 9.59 Å². The van der Waals surface area contributed by atoms with Crippen molar-refractivity contribution in [2.24, 2.45) is 0 Å². The van der Waals surface area contributed by atoms with Crippen LogP contribution in [0.4, 0.5) is 0 Å². The summed E-state index contributed by atoms with van der Waals surface area (Å²) in [7, 11) is 0. The lowest BCUT2D eigenvalue weighted by Crippen LogP contribution is -2.50. The molecule has 0 saturated carbocycles. The Labute approximate surface area is 90.9 Å². The Hall–Kier alpha value is -2.12. The van der Waals surface area contributed by atoms with E-state index in [1.54, 1.807) is 0 Å². The molecule has 2 amide bonds. The Morgan fingerprint density at radius 2 is 1.69 bits per heavy atom. The van der Waals surface area contributed by atoms with E-state index in [1.165, 1.54) is 13.8 Å². The third kappa shape index (κ3) is 4.94. The second kappa shape index (κ2) is 6.38. The highest BCUT2D eigenvalue weighted by Gasteiger charge is 2.20. The van der Waals surface area contributed by atoms with E-state index in [0.717, 1.165) is 0 Å². The van der Waals surface area contributed by atoms with Gasteiger partial charge < -0.3 is 20.5 Å². The van der Waals surface area contributed by atoms with Crippen molar-refractivity contribution < 1.29 is 29.0 Å². The number of aliphatic carboxylic acids is 1. The van der Waals surface area contributed by atoms with E-state index >= 15 is 0 Å². The van der Waals surface area contributed by atoms with E-state index in [2.05, 4.69) is 4.74 Å². The van der Waals surface area contributed by atoms with E-state index in [1.807, 2.05) is 10.6 Å². The van der Waals surface area contributed by atoms with Crippen molar-refractivity contribution in [2.75, 3.05) is 6.61 Å². The first-order valence-corrected chi connectivity index (χ1v) is 4.39. The van der Waals surface area contributed by atoms with Gasteiger partial charge in [-0.1, -0.05) is 0 Å². The Bertz CT molecular complexity index is 314. The molecule has 8 nitrogen and oxygen atoms in total. The SMILES string of the molecule is CCOC(=O)C(=O)NC(C)NC(=O)C(=O)O. The summed E-state index contributed by atoms with van der Waals surface area (Å²) in [6.07, 6.45) is -0.986. The van der Waals surface area contributed by atoms with Crippen molar-refractivity contribution >= 4 is 23.8 Å². The summed E-state index contributed by atoms with van der Waals surface area (Å²) >= 11 is 0. The highest BCUT2D eigenvalue weighted by molar-refractivity contribution is 6.33. The summed E-state index contributed by atoms with van der Waals surface area (Å²) in [6.45, 7) is 2.88. The number of nitrogens with one attached hydrogen (secondary N) is 2. The Morgan fingerprint density at radius 3 is 2.12 bits per heavy atom. The first-order valence-electron chi connectivity index (χ1n) is 4.39. The summed E-state index contributed by atoms with van der Waals surface area (Å²) in [4.78, 5) is 42.6. The van der Waals surface area contributed by atoms with Crippen molar-refractivity contribution in [2.45, 2.75) is 20.0 Å². The molecular weight excluding hydrogens is 220 g/mol. The average Bonchev–Trinajstić information content (AvgIpc) is 2.17. The van der Waals surface area contributed by atoms with Crippen molar-refractivity contribution in [3.05, 3.63) is 0 Å². The standard InChI is InChI=1S/C8H12N2O6/c1-3-16-8(15)6(12)10-4(2)9-5(11)7(13)14/h4H,3H2,1-2H3,(H,9,11)(H,10,12)(H,13,14). The van der Waals surface area contributed by atoms with Crippen LogP contribution in [0.5, 0.6) is 0 Å². The molecule has 8 heteroatoms. The number of carboxylic acid groups (broad SMARTS) is 1. The molecule has 0 radical (unpaired) electrons. The minimum atomic E-state index is -1.68. The van der Waals surface area contributed by atoms with E-state index < -0.39 is 29.9 Å². The largest absolute Gasteiger partial charge is 0.474 e. The number of carbonyl (C=O) groups excluding carboxylic acids is 3.